The van der Waals surface area contributed by atoms with Gasteiger partial charge in [-0.3, -0.25) is 0 Å². The van der Waals surface area contributed by atoms with Crippen LogP contribution in [0.15, 0.2) is 79.1 Å². The van der Waals surface area contributed by atoms with Crippen LogP contribution in [0.4, 0.5) is 15.1 Å². The summed E-state index contributed by atoms with van der Waals surface area (Å²) in [5.74, 6) is -0.314. The molecule has 1 N–H and O–H groups in total. The van der Waals surface area contributed by atoms with Crippen LogP contribution in [0, 0.1) is 12.7 Å². The van der Waals surface area contributed by atoms with E-state index in [2.05, 4.69) is 15.3 Å². The first-order valence-electron chi connectivity index (χ1n) is 16.6. The summed E-state index contributed by atoms with van der Waals surface area (Å²) in [6, 6.07) is 18.1. The van der Waals surface area contributed by atoms with Crippen molar-refractivity contribution in [1.82, 2.24) is 19.9 Å². The molecule has 1 fully saturated rings. The number of nitrogens with one attached hydrogen (secondary N) is 1. The molecule has 6 rings (SSSR count). The summed E-state index contributed by atoms with van der Waals surface area (Å²) in [7, 11) is -3.75. The standard InChI is InChI=1S/C38H39ClFN5O5S/c1-24-9-14-28-29(15-16-32(40)31(28)23-51(47,48)22-25-10-12-26(39)13-11-25)34(24)49-35-30(8-5-18-41-35)33-17-19-42-36(44-33)43-27-7-6-20-45(21-27)37(46)50-38(2,3)4/h5,8-19,27H,6-7,20-23H2,1-4H3,(H,42,43,44)/t27-/m0/s1. The molecule has 1 aliphatic rings. The number of anilines is 1. The van der Waals surface area contributed by atoms with Crippen molar-refractivity contribution in [2.24, 2.45) is 0 Å². The van der Waals surface area contributed by atoms with E-state index in [4.69, 9.17) is 26.1 Å². The highest BCUT2D eigenvalue weighted by atomic mass is 35.5. The van der Waals surface area contributed by atoms with Gasteiger partial charge in [-0.1, -0.05) is 35.9 Å². The second-order valence-electron chi connectivity index (χ2n) is 13.6. The first kappa shape index (κ1) is 36.0. The predicted molar refractivity (Wildman–Crippen MR) is 196 cm³/mol. The number of amides is 1. The molecule has 51 heavy (non-hydrogen) atoms. The summed E-state index contributed by atoms with van der Waals surface area (Å²) in [6.07, 6.45) is 4.53. The number of hydrogen-bond acceptors (Lipinski definition) is 9. The minimum atomic E-state index is -3.75. The fourth-order valence-corrected chi connectivity index (χ4v) is 7.68. The number of rotatable bonds is 9. The number of aromatic nitrogens is 3. The highest BCUT2D eigenvalue weighted by molar-refractivity contribution is 7.89. The maximum Gasteiger partial charge on any atom is 0.410 e. The molecule has 0 aliphatic carbocycles. The summed E-state index contributed by atoms with van der Waals surface area (Å²) in [5.41, 5.74) is 1.93. The number of aryl methyl sites for hydroxylation is 1. The number of nitrogens with zero attached hydrogens (tertiary/aromatic N) is 4. The van der Waals surface area contributed by atoms with Gasteiger partial charge >= 0.3 is 6.09 Å². The maximum atomic E-state index is 15.3. The SMILES string of the molecule is Cc1ccc2c(CS(=O)(=O)Cc3ccc(Cl)cc3)c(F)ccc2c1Oc1ncccc1-c1ccnc(N[C@H]2CCCN(C(=O)OC(C)(C)C)C2)n1. The Labute approximate surface area is 301 Å². The number of sulfone groups is 1. The quantitative estimate of drug-likeness (QED) is 0.159. The number of hydrogen-bond donors (Lipinski definition) is 1. The molecule has 0 spiro atoms. The van der Waals surface area contributed by atoms with Gasteiger partial charge in [0.1, 0.15) is 17.2 Å². The Morgan fingerprint density at radius 1 is 1.00 bits per heavy atom. The van der Waals surface area contributed by atoms with Crippen LogP contribution in [-0.4, -0.2) is 59.1 Å². The zero-order valence-corrected chi connectivity index (χ0v) is 30.4. The highest BCUT2D eigenvalue weighted by Gasteiger charge is 2.28. The lowest BCUT2D eigenvalue weighted by Gasteiger charge is -2.34. The molecule has 0 saturated carbocycles. The van der Waals surface area contributed by atoms with Crippen molar-refractivity contribution in [1.29, 1.82) is 0 Å². The molecular formula is C38H39ClFN5O5S. The van der Waals surface area contributed by atoms with E-state index in [1.807, 2.05) is 33.8 Å². The summed E-state index contributed by atoms with van der Waals surface area (Å²) in [6.45, 7) is 8.46. The van der Waals surface area contributed by atoms with E-state index in [0.717, 1.165) is 18.4 Å². The summed E-state index contributed by atoms with van der Waals surface area (Å²) < 4.78 is 53.9. The van der Waals surface area contributed by atoms with Gasteiger partial charge in [-0.25, -0.2) is 32.6 Å². The van der Waals surface area contributed by atoms with Gasteiger partial charge in [-0.15, -0.1) is 0 Å². The third kappa shape index (κ3) is 8.92. The normalized spacial score (nSPS) is 15.1. The van der Waals surface area contributed by atoms with Crippen LogP contribution in [-0.2, 0) is 26.1 Å². The summed E-state index contributed by atoms with van der Waals surface area (Å²) in [4.78, 5) is 28.1. The van der Waals surface area contributed by atoms with Crippen LogP contribution in [0.2, 0.25) is 5.02 Å². The molecule has 3 aromatic carbocycles. The van der Waals surface area contributed by atoms with Gasteiger partial charge in [0.2, 0.25) is 11.8 Å². The first-order valence-corrected chi connectivity index (χ1v) is 18.8. The third-order valence-corrected chi connectivity index (χ3v) is 10.1. The smallest absolute Gasteiger partial charge is 0.410 e. The molecule has 1 aliphatic heterocycles. The number of likely N-dealkylation sites (tertiary alicyclic amines) is 1. The van der Waals surface area contributed by atoms with Crippen molar-refractivity contribution in [3.63, 3.8) is 0 Å². The van der Waals surface area contributed by atoms with E-state index in [9.17, 15) is 13.2 Å². The van der Waals surface area contributed by atoms with Gasteiger partial charge < -0.3 is 19.7 Å². The molecule has 0 radical (unpaired) electrons. The topological polar surface area (TPSA) is 124 Å². The van der Waals surface area contributed by atoms with Crippen LogP contribution >= 0.6 is 11.6 Å². The molecule has 13 heteroatoms. The highest BCUT2D eigenvalue weighted by Crippen LogP contribution is 2.38. The van der Waals surface area contributed by atoms with E-state index in [-0.39, 0.29) is 29.3 Å². The summed E-state index contributed by atoms with van der Waals surface area (Å²) in [5, 5.41) is 4.83. The minimum absolute atomic E-state index is 0.0621. The molecule has 1 saturated heterocycles. The fraction of sp³-hybridized carbons (Fsp3) is 0.316. The van der Waals surface area contributed by atoms with E-state index in [1.54, 1.807) is 71.9 Å². The molecule has 5 aromatic rings. The molecule has 266 valence electrons. The lowest BCUT2D eigenvalue weighted by atomic mass is 10.0. The Balaban J connectivity index is 1.25. The maximum absolute atomic E-state index is 15.3. The minimum Gasteiger partial charge on any atom is -0.444 e. The second kappa shape index (κ2) is 14.8. The zero-order chi connectivity index (χ0) is 36.3. The second-order valence-corrected chi connectivity index (χ2v) is 16.1. The van der Waals surface area contributed by atoms with Gasteiger partial charge in [0, 0.05) is 47.5 Å². The van der Waals surface area contributed by atoms with E-state index < -0.39 is 27.0 Å². The molecular weight excluding hydrogens is 693 g/mol. The van der Waals surface area contributed by atoms with Crippen LogP contribution in [0.5, 0.6) is 11.6 Å². The van der Waals surface area contributed by atoms with Crippen molar-refractivity contribution in [2.75, 3.05) is 18.4 Å². The number of ether oxygens (including phenoxy) is 2. The van der Waals surface area contributed by atoms with Gasteiger partial charge in [-0.05, 0) is 99.5 Å². The van der Waals surface area contributed by atoms with Crippen molar-refractivity contribution >= 4 is 44.3 Å². The Morgan fingerprint density at radius 2 is 1.76 bits per heavy atom. The molecule has 0 bridgehead atoms. The number of pyridine rings is 1. The zero-order valence-electron chi connectivity index (χ0n) is 28.8. The van der Waals surface area contributed by atoms with E-state index in [0.29, 0.717) is 57.4 Å². The number of carbonyl (C=O) groups excluding carboxylic acids is 1. The molecule has 1 amide bonds. The molecule has 0 unspecified atom stereocenters. The van der Waals surface area contributed by atoms with E-state index >= 15 is 4.39 Å². The predicted octanol–water partition coefficient (Wildman–Crippen LogP) is 8.51. The fourth-order valence-electron chi connectivity index (χ4n) is 6.02. The Bertz CT molecular complexity index is 2180. The first-order chi connectivity index (χ1) is 24.2. The molecule has 2 aromatic heterocycles. The number of fused-ring (bicyclic) bond motifs is 1. The van der Waals surface area contributed by atoms with E-state index in [1.165, 1.54) is 6.07 Å². The van der Waals surface area contributed by atoms with Crippen LogP contribution < -0.4 is 10.1 Å². The summed E-state index contributed by atoms with van der Waals surface area (Å²) >= 11 is 5.96. The van der Waals surface area contributed by atoms with Gasteiger partial charge in [0.25, 0.3) is 0 Å². The molecule has 10 nitrogen and oxygen atoms in total. The van der Waals surface area contributed by atoms with Crippen LogP contribution in [0.1, 0.15) is 50.3 Å². The lowest BCUT2D eigenvalue weighted by Crippen LogP contribution is -2.47. The number of benzene rings is 3. The largest absolute Gasteiger partial charge is 0.444 e. The van der Waals surface area contributed by atoms with Crippen molar-refractivity contribution in [3.05, 3.63) is 107 Å². The molecule has 3 heterocycles. The van der Waals surface area contributed by atoms with Crippen molar-refractivity contribution in [2.45, 2.75) is 63.7 Å². The average molecular weight is 732 g/mol. The lowest BCUT2D eigenvalue weighted by molar-refractivity contribution is 0.0206. The van der Waals surface area contributed by atoms with Crippen molar-refractivity contribution < 1.29 is 27.1 Å². The number of halogens is 2. The van der Waals surface area contributed by atoms with Crippen LogP contribution in [0.25, 0.3) is 22.0 Å². The van der Waals surface area contributed by atoms with Crippen molar-refractivity contribution in [3.8, 4) is 22.9 Å². The van der Waals surface area contributed by atoms with Gasteiger partial charge in [0.05, 0.1) is 22.8 Å². The monoisotopic (exact) mass is 731 g/mol. The third-order valence-electron chi connectivity index (χ3n) is 8.37. The Hall–Kier alpha value is -4.81. The van der Waals surface area contributed by atoms with Crippen LogP contribution in [0.3, 0.4) is 0 Å². The number of carbonyl (C=O) groups is 1. The Kier molecular flexibility index (Phi) is 10.5. The Morgan fingerprint density at radius 3 is 2.53 bits per heavy atom. The molecule has 1 atom stereocenters. The van der Waals surface area contributed by atoms with Gasteiger partial charge in [0.15, 0.2) is 9.84 Å². The number of piperidine rings is 1. The average Bonchev–Trinajstić information content (AvgIpc) is 3.08. The van der Waals surface area contributed by atoms with Gasteiger partial charge in [-0.2, -0.15) is 0 Å².